The summed E-state index contributed by atoms with van der Waals surface area (Å²) in [5.41, 5.74) is 1.01. The molecule has 6 heteroatoms. The highest BCUT2D eigenvalue weighted by atomic mass is 79.9. The molecule has 1 rings (SSSR count). The van der Waals surface area contributed by atoms with Crippen molar-refractivity contribution in [3.8, 4) is 0 Å². The number of halogens is 1. The number of nitrogens with one attached hydrogen (secondary N) is 1. The van der Waals surface area contributed by atoms with Crippen LogP contribution in [0.3, 0.4) is 0 Å². The molecular formula is C14H18BrNO4. The van der Waals surface area contributed by atoms with Crippen LogP contribution < -0.4 is 5.32 Å². The Kier molecular flexibility index (Phi) is 6.67. The molecule has 20 heavy (non-hydrogen) atoms. The summed E-state index contributed by atoms with van der Waals surface area (Å²) in [5.74, 6) is -1.48. The molecule has 110 valence electrons. The molecule has 0 fully saturated rings. The van der Waals surface area contributed by atoms with Crippen molar-refractivity contribution >= 4 is 27.8 Å². The molecule has 1 aromatic rings. The molecule has 1 aromatic carbocycles. The molecule has 0 saturated heterocycles. The Morgan fingerprint density at radius 1 is 1.30 bits per heavy atom. The van der Waals surface area contributed by atoms with Gasteiger partial charge in [-0.25, -0.2) is 4.79 Å². The fraction of sp³-hybridized carbons (Fsp3) is 0.429. The number of hydrogen-bond donors (Lipinski definition) is 3. The number of hydrogen-bond acceptors (Lipinski definition) is 3. The zero-order valence-electron chi connectivity index (χ0n) is 11.2. The highest BCUT2D eigenvalue weighted by Crippen LogP contribution is 2.21. The Morgan fingerprint density at radius 3 is 2.40 bits per heavy atom. The van der Waals surface area contributed by atoms with E-state index in [2.05, 4.69) is 21.2 Å². The lowest BCUT2D eigenvalue weighted by molar-refractivity contribution is -0.142. The first-order valence-corrected chi connectivity index (χ1v) is 7.11. The number of carbonyl (C=O) groups is 2. The molecule has 0 radical (unpaired) electrons. The van der Waals surface area contributed by atoms with Gasteiger partial charge in [-0.05, 0) is 23.6 Å². The molecule has 2 atom stereocenters. The van der Waals surface area contributed by atoms with E-state index >= 15 is 0 Å². The molecule has 0 bridgehead atoms. The van der Waals surface area contributed by atoms with Crippen molar-refractivity contribution < 1.29 is 19.8 Å². The van der Waals surface area contributed by atoms with E-state index in [1.807, 2.05) is 31.2 Å². The van der Waals surface area contributed by atoms with E-state index in [9.17, 15) is 9.59 Å². The van der Waals surface area contributed by atoms with Crippen LogP contribution in [0, 0.1) is 0 Å². The summed E-state index contributed by atoms with van der Waals surface area (Å²) < 4.78 is 0.965. The van der Waals surface area contributed by atoms with Crippen LogP contribution in [0.1, 0.15) is 31.2 Å². The molecule has 0 aliphatic carbocycles. The molecule has 3 N–H and O–H groups in total. The van der Waals surface area contributed by atoms with Crippen molar-refractivity contribution in [3.05, 3.63) is 34.3 Å². The van der Waals surface area contributed by atoms with Crippen LogP contribution in [0.25, 0.3) is 0 Å². The lowest BCUT2D eigenvalue weighted by Gasteiger charge is -2.16. The zero-order chi connectivity index (χ0) is 15.1. The van der Waals surface area contributed by atoms with Crippen LogP contribution in [0.4, 0.5) is 0 Å². The molecule has 0 saturated carbocycles. The first kappa shape index (κ1) is 16.7. The second-order valence-electron chi connectivity index (χ2n) is 4.63. The largest absolute Gasteiger partial charge is 0.480 e. The predicted octanol–water partition coefficient (Wildman–Crippen LogP) is 1.89. The monoisotopic (exact) mass is 343 g/mol. The van der Waals surface area contributed by atoms with E-state index in [1.54, 1.807) is 0 Å². The number of aliphatic hydroxyl groups is 1. The third-order valence-corrected chi connectivity index (χ3v) is 3.51. The van der Waals surface area contributed by atoms with Gasteiger partial charge in [0.05, 0.1) is 0 Å². The SMILES string of the molecule is CC(CC(=O)NC(CCO)C(=O)O)c1ccc(Br)cc1. The van der Waals surface area contributed by atoms with Crippen molar-refractivity contribution in [1.82, 2.24) is 5.32 Å². The molecule has 2 unspecified atom stereocenters. The average molecular weight is 344 g/mol. The van der Waals surface area contributed by atoms with Gasteiger partial charge in [-0.2, -0.15) is 0 Å². The van der Waals surface area contributed by atoms with Gasteiger partial charge in [-0.1, -0.05) is 35.0 Å². The predicted molar refractivity (Wildman–Crippen MR) is 78.4 cm³/mol. The van der Waals surface area contributed by atoms with Crippen LogP contribution >= 0.6 is 15.9 Å². The molecule has 0 aliphatic heterocycles. The minimum atomic E-state index is -1.14. The molecule has 0 spiro atoms. The van der Waals surface area contributed by atoms with Crippen molar-refractivity contribution in [2.45, 2.75) is 31.7 Å². The highest BCUT2D eigenvalue weighted by molar-refractivity contribution is 9.10. The summed E-state index contributed by atoms with van der Waals surface area (Å²) in [4.78, 5) is 22.7. The summed E-state index contributed by atoms with van der Waals surface area (Å²) in [5, 5.41) is 20.1. The number of carboxylic acids is 1. The minimum absolute atomic E-state index is 0.00768. The van der Waals surface area contributed by atoms with Crippen molar-refractivity contribution in [2.75, 3.05) is 6.61 Å². The number of rotatable bonds is 7. The van der Waals surface area contributed by atoms with Gasteiger partial charge >= 0.3 is 5.97 Å². The summed E-state index contributed by atoms with van der Waals surface area (Å²) in [6.07, 6.45) is 0.213. The smallest absolute Gasteiger partial charge is 0.326 e. The number of carbonyl (C=O) groups excluding carboxylic acids is 1. The number of benzene rings is 1. The number of carboxylic acid groups (broad SMARTS) is 1. The minimum Gasteiger partial charge on any atom is -0.480 e. The maximum atomic E-state index is 11.8. The highest BCUT2D eigenvalue weighted by Gasteiger charge is 2.20. The molecule has 0 aromatic heterocycles. The number of aliphatic hydroxyl groups excluding tert-OH is 1. The fourth-order valence-corrected chi connectivity index (χ4v) is 2.09. The Labute approximate surface area is 126 Å². The van der Waals surface area contributed by atoms with Crippen molar-refractivity contribution in [3.63, 3.8) is 0 Å². The van der Waals surface area contributed by atoms with E-state index in [-0.39, 0.29) is 31.3 Å². The third kappa shape index (κ3) is 5.30. The Bertz CT molecular complexity index is 461. The van der Waals surface area contributed by atoms with Crippen LogP contribution in [0.15, 0.2) is 28.7 Å². The second kappa shape index (κ2) is 8.01. The van der Waals surface area contributed by atoms with Gasteiger partial charge in [0.15, 0.2) is 0 Å². The Morgan fingerprint density at radius 2 is 1.90 bits per heavy atom. The summed E-state index contributed by atoms with van der Waals surface area (Å²) in [6, 6.07) is 6.60. The van der Waals surface area contributed by atoms with Crippen LogP contribution in [0.2, 0.25) is 0 Å². The average Bonchev–Trinajstić information content (AvgIpc) is 2.38. The van der Waals surface area contributed by atoms with E-state index in [1.165, 1.54) is 0 Å². The van der Waals surface area contributed by atoms with Crippen molar-refractivity contribution in [1.29, 1.82) is 0 Å². The van der Waals surface area contributed by atoms with Gasteiger partial charge in [0, 0.05) is 23.9 Å². The maximum absolute atomic E-state index is 11.8. The fourth-order valence-electron chi connectivity index (χ4n) is 1.83. The topological polar surface area (TPSA) is 86.6 Å². The van der Waals surface area contributed by atoms with Crippen LogP contribution in [-0.4, -0.2) is 34.7 Å². The van der Waals surface area contributed by atoms with E-state index in [0.29, 0.717) is 0 Å². The van der Waals surface area contributed by atoms with Crippen molar-refractivity contribution in [2.24, 2.45) is 0 Å². The van der Waals surface area contributed by atoms with Crippen LogP contribution in [-0.2, 0) is 9.59 Å². The first-order valence-electron chi connectivity index (χ1n) is 6.32. The molecule has 5 nitrogen and oxygen atoms in total. The van der Waals surface area contributed by atoms with E-state index in [0.717, 1.165) is 10.0 Å². The van der Waals surface area contributed by atoms with Gasteiger partial charge in [-0.3, -0.25) is 4.79 Å². The van der Waals surface area contributed by atoms with Gasteiger partial charge in [0.1, 0.15) is 6.04 Å². The van der Waals surface area contributed by atoms with Gasteiger partial charge in [0.2, 0.25) is 5.91 Å². The number of amides is 1. The normalized spacial score (nSPS) is 13.6. The lowest BCUT2D eigenvalue weighted by Crippen LogP contribution is -2.41. The van der Waals surface area contributed by atoms with Gasteiger partial charge in [0.25, 0.3) is 0 Å². The van der Waals surface area contributed by atoms with Gasteiger partial charge in [-0.15, -0.1) is 0 Å². The standard InChI is InChI=1S/C14H18BrNO4/c1-9(10-2-4-11(15)5-3-10)8-13(18)16-12(6-7-17)14(19)20/h2-5,9,12,17H,6-8H2,1H3,(H,16,18)(H,19,20). The summed E-state index contributed by atoms with van der Waals surface area (Å²) in [6.45, 7) is 1.63. The van der Waals surface area contributed by atoms with Crippen LogP contribution in [0.5, 0.6) is 0 Å². The molecule has 0 heterocycles. The van der Waals surface area contributed by atoms with Gasteiger partial charge < -0.3 is 15.5 Å². The first-order chi connectivity index (χ1) is 9.43. The molecule has 1 amide bonds. The maximum Gasteiger partial charge on any atom is 0.326 e. The Balaban J connectivity index is 2.56. The molecular weight excluding hydrogens is 326 g/mol. The number of aliphatic carboxylic acids is 1. The third-order valence-electron chi connectivity index (χ3n) is 2.98. The summed E-state index contributed by atoms with van der Waals surface area (Å²) in [7, 11) is 0. The quantitative estimate of drug-likeness (QED) is 0.705. The molecule has 0 aliphatic rings. The Hall–Kier alpha value is -1.40. The van der Waals surface area contributed by atoms with E-state index in [4.69, 9.17) is 10.2 Å². The lowest BCUT2D eigenvalue weighted by atomic mass is 9.97. The zero-order valence-corrected chi connectivity index (χ0v) is 12.8. The van der Waals surface area contributed by atoms with E-state index < -0.39 is 12.0 Å². The summed E-state index contributed by atoms with van der Waals surface area (Å²) >= 11 is 3.34. The second-order valence-corrected chi connectivity index (χ2v) is 5.54.